The third-order valence-electron chi connectivity index (χ3n) is 2.45. The number of benzene rings is 1. The van der Waals surface area contributed by atoms with E-state index in [2.05, 4.69) is 37.0 Å². The molecule has 0 bridgehead atoms. The molecule has 19 heavy (non-hydrogen) atoms. The highest BCUT2D eigenvalue weighted by Crippen LogP contribution is 2.26. The lowest BCUT2D eigenvalue weighted by Gasteiger charge is -2.07. The summed E-state index contributed by atoms with van der Waals surface area (Å²) in [6.45, 7) is 0.384. The molecular formula is C11H9Br2N3O3. The Balaban J connectivity index is 2.33. The van der Waals surface area contributed by atoms with Crippen molar-refractivity contribution in [1.29, 1.82) is 0 Å². The van der Waals surface area contributed by atoms with E-state index in [9.17, 15) is 10.1 Å². The molecule has 0 aliphatic carbocycles. The molecule has 2 aromatic rings. The highest BCUT2D eigenvalue weighted by atomic mass is 79.9. The molecule has 8 heteroatoms. The molecule has 0 radical (unpaired) electrons. The van der Waals surface area contributed by atoms with Crippen molar-refractivity contribution in [1.82, 2.24) is 9.78 Å². The number of rotatable bonds is 4. The number of aromatic nitrogens is 2. The van der Waals surface area contributed by atoms with Crippen molar-refractivity contribution in [3.8, 4) is 5.75 Å². The summed E-state index contributed by atoms with van der Waals surface area (Å²) >= 11 is 6.49. The normalized spacial score (nSPS) is 10.5. The van der Waals surface area contributed by atoms with Gasteiger partial charge in [-0.3, -0.25) is 0 Å². The van der Waals surface area contributed by atoms with Crippen LogP contribution in [0.1, 0.15) is 5.56 Å². The molecule has 100 valence electrons. The van der Waals surface area contributed by atoms with Crippen LogP contribution in [0.25, 0.3) is 0 Å². The molecule has 0 aliphatic rings. The Morgan fingerprint density at radius 2 is 2.21 bits per heavy atom. The summed E-state index contributed by atoms with van der Waals surface area (Å²) in [6, 6.07) is 5.58. The van der Waals surface area contributed by atoms with Crippen molar-refractivity contribution in [2.24, 2.45) is 0 Å². The van der Waals surface area contributed by atoms with E-state index in [4.69, 9.17) is 4.74 Å². The number of nitro groups is 1. The van der Waals surface area contributed by atoms with E-state index in [0.29, 0.717) is 16.8 Å². The Kier molecular flexibility index (Phi) is 4.20. The first-order valence-corrected chi connectivity index (χ1v) is 6.79. The molecule has 1 heterocycles. The van der Waals surface area contributed by atoms with Gasteiger partial charge in [-0.25, -0.2) is 0 Å². The summed E-state index contributed by atoms with van der Waals surface area (Å²) in [5.74, 6) is 0.506. The van der Waals surface area contributed by atoms with Gasteiger partial charge < -0.3 is 14.9 Å². The van der Waals surface area contributed by atoms with Gasteiger partial charge in [0, 0.05) is 10.0 Å². The van der Waals surface area contributed by atoms with Crippen LogP contribution >= 0.6 is 31.9 Å². The number of ether oxygens (including phenoxy) is 1. The Morgan fingerprint density at radius 1 is 1.47 bits per heavy atom. The molecule has 0 N–H and O–H groups in total. The van der Waals surface area contributed by atoms with Gasteiger partial charge in [0.05, 0.1) is 25.0 Å². The highest BCUT2D eigenvalue weighted by Gasteiger charge is 2.19. The number of hydrogen-bond acceptors (Lipinski definition) is 4. The van der Waals surface area contributed by atoms with Crippen molar-refractivity contribution < 1.29 is 9.66 Å². The largest absolute Gasteiger partial charge is 0.496 e. The van der Waals surface area contributed by atoms with Crippen molar-refractivity contribution in [2.75, 3.05) is 7.11 Å². The average Bonchev–Trinajstić information content (AvgIpc) is 2.71. The van der Waals surface area contributed by atoms with Crippen LogP contribution in [0.4, 0.5) is 5.82 Å². The van der Waals surface area contributed by atoms with Gasteiger partial charge in [-0.05, 0) is 39.1 Å². The zero-order valence-electron chi connectivity index (χ0n) is 9.84. The van der Waals surface area contributed by atoms with E-state index >= 15 is 0 Å². The fraction of sp³-hybridized carbons (Fsp3) is 0.182. The third kappa shape index (κ3) is 3.13. The second kappa shape index (κ2) is 5.70. The molecule has 0 aliphatic heterocycles. The van der Waals surface area contributed by atoms with Crippen LogP contribution in [0.2, 0.25) is 0 Å². The van der Waals surface area contributed by atoms with Crippen molar-refractivity contribution >= 4 is 37.7 Å². The van der Waals surface area contributed by atoms with E-state index in [1.807, 2.05) is 18.2 Å². The Labute approximate surface area is 125 Å². The maximum Gasteiger partial charge on any atom is 0.404 e. The van der Waals surface area contributed by atoms with E-state index in [0.717, 1.165) is 10.0 Å². The zero-order valence-corrected chi connectivity index (χ0v) is 13.0. The monoisotopic (exact) mass is 389 g/mol. The maximum atomic E-state index is 10.7. The summed E-state index contributed by atoms with van der Waals surface area (Å²) in [7, 11) is 1.58. The molecule has 0 unspecified atom stereocenters. The van der Waals surface area contributed by atoms with Gasteiger partial charge in [-0.2, -0.15) is 4.68 Å². The van der Waals surface area contributed by atoms with E-state index in [1.165, 1.54) is 4.68 Å². The first kappa shape index (κ1) is 14.0. The smallest absolute Gasteiger partial charge is 0.404 e. The molecule has 1 aromatic carbocycles. The number of methoxy groups -OCH3 is 1. The van der Waals surface area contributed by atoms with Crippen molar-refractivity contribution in [3.63, 3.8) is 0 Å². The van der Waals surface area contributed by atoms with Gasteiger partial charge in [-0.1, -0.05) is 15.9 Å². The molecule has 0 amide bonds. The standard InChI is InChI=1S/C11H9Br2N3O3/c1-19-10-3-2-8(12)4-7(10)5-15-6-9(13)11(14-15)16(17)18/h2-4,6H,5H2,1H3. The molecule has 0 saturated heterocycles. The van der Waals surface area contributed by atoms with Crippen molar-refractivity contribution in [3.05, 3.63) is 49.0 Å². The first-order chi connectivity index (χ1) is 9.01. The van der Waals surface area contributed by atoms with Crippen LogP contribution in [-0.2, 0) is 6.54 Å². The summed E-state index contributed by atoms with van der Waals surface area (Å²) < 4.78 is 8.00. The van der Waals surface area contributed by atoms with Gasteiger partial charge in [0.15, 0.2) is 0 Å². The summed E-state index contributed by atoms with van der Waals surface area (Å²) in [5, 5.41) is 14.6. The highest BCUT2D eigenvalue weighted by molar-refractivity contribution is 9.10. The van der Waals surface area contributed by atoms with Crippen LogP contribution in [0.15, 0.2) is 33.3 Å². The van der Waals surface area contributed by atoms with E-state index < -0.39 is 4.92 Å². The molecule has 6 nitrogen and oxygen atoms in total. The predicted octanol–water partition coefficient (Wildman–Crippen LogP) is 3.37. The molecule has 0 saturated carbocycles. The Morgan fingerprint density at radius 3 is 2.79 bits per heavy atom. The van der Waals surface area contributed by atoms with Gasteiger partial charge in [0.1, 0.15) is 10.2 Å². The summed E-state index contributed by atoms with van der Waals surface area (Å²) in [6.07, 6.45) is 1.57. The molecule has 0 atom stereocenters. The Hall–Kier alpha value is -1.41. The number of halogens is 2. The average molecular weight is 391 g/mol. The topological polar surface area (TPSA) is 70.2 Å². The van der Waals surface area contributed by atoms with Crippen LogP contribution < -0.4 is 4.74 Å². The van der Waals surface area contributed by atoms with Crippen molar-refractivity contribution in [2.45, 2.75) is 6.54 Å². The lowest BCUT2D eigenvalue weighted by atomic mass is 10.2. The third-order valence-corrected chi connectivity index (χ3v) is 3.50. The molecule has 0 fully saturated rings. The van der Waals surface area contributed by atoms with Gasteiger partial charge in [0.2, 0.25) is 0 Å². The number of nitrogens with zero attached hydrogens (tertiary/aromatic N) is 3. The minimum absolute atomic E-state index is 0.200. The van der Waals surface area contributed by atoms with Gasteiger partial charge >= 0.3 is 5.82 Å². The maximum absolute atomic E-state index is 10.7. The fourth-order valence-corrected chi connectivity index (χ4v) is 2.51. The minimum atomic E-state index is -0.529. The van der Waals surface area contributed by atoms with Crippen LogP contribution in [0, 0.1) is 10.1 Å². The van der Waals surface area contributed by atoms with E-state index in [1.54, 1.807) is 13.3 Å². The van der Waals surface area contributed by atoms with Gasteiger partial charge in [0.25, 0.3) is 0 Å². The first-order valence-electron chi connectivity index (χ1n) is 5.21. The molecule has 0 spiro atoms. The number of hydrogen-bond donors (Lipinski definition) is 0. The zero-order chi connectivity index (χ0) is 14.0. The van der Waals surface area contributed by atoms with Crippen LogP contribution in [-0.4, -0.2) is 21.8 Å². The summed E-state index contributed by atoms with van der Waals surface area (Å²) in [5.41, 5.74) is 0.877. The fourth-order valence-electron chi connectivity index (χ4n) is 1.64. The minimum Gasteiger partial charge on any atom is -0.496 e. The lowest BCUT2D eigenvalue weighted by Crippen LogP contribution is -2.03. The molecule has 2 rings (SSSR count). The second-order valence-electron chi connectivity index (χ2n) is 3.71. The summed E-state index contributed by atoms with van der Waals surface area (Å²) in [4.78, 5) is 10.2. The Bertz CT molecular complexity index is 628. The second-order valence-corrected chi connectivity index (χ2v) is 5.48. The quantitative estimate of drug-likeness (QED) is 0.592. The predicted molar refractivity (Wildman–Crippen MR) is 76.4 cm³/mol. The molecular weight excluding hydrogens is 382 g/mol. The molecule has 1 aromatic heterocycles. The lowest BCUT2D eigenvalue weighted by molar-refractivity contribution is -0.390. The van der Waals surface area contributed by atoms with E-state index in [-0.39, 0.29) is 5.82 Å². The van der Waals surface area contributed by atoms with Crippen LogP contribution in [0.5, 0.6) is 5.75 Å². The SMILES string of the molecule is COc1ccc(Br)cc1Cn1cc(Br)c([N+](=O)[O-])n1. The van der Waals surface area contributed by atoms with Crippen LogP contribution in [0.3, 0.4) is 0 Å². The van der Waals surface area contributed by atoms with Gasteiger partial charge in [-0.15, -0.1) is 0 Å².